The molecule has 2 aromatic carbocycles. The predicted octanol–water partition coefficient (Wildman–Crippen LogP) is 2.29. The summed E-state index contributed by atoms with van der Waals surface area (Å²) in [4.78, 5) is 23.2. The van der Waals surface area contributed by atoms with E-state index in [0.717, 1.165) is 0 Å². The van der Waals surface area contributed by atoms with Crippen molar-refractivity contribution >= 4 is 17.6 Å². The lowest BCUT2D eigenvalue weighted by Gasteiger charge is -2.11. The van der Waals surface area contributed by atoms with Gasteiger partial charge in [-0.1, -0.05) is 6.07 Å². The summed E-state index contributed by atoms with van der Waals surface area (Å²) in [5.41, 5.74) is 0.855. The number of hydrogen-bond acceptors (Lipinski definition) is 5. The molecular weight excluding hydrogens is 314 g/mol. The second-order valence-electron chi connectivity index (χ2n) is 4.98. The molecule has 0 aliphatic carbocycles. The molecule has 0 spiro atoms. The van der Waals surface area contributed by atoms with Gasteiger partial charge < -0.3 is 25.0 Å². The van der Waals surface area contributed by atoms with Gasteiger partial charge in [-0.25, -0.2) is 0 Å². The fourth-order valence-corrected chi connectivity index (χ4v) is 2.10. The molecule has 0 aliphatic heterocycles. The Bertz CT molecular complexity index is 749. The van der Waals surface area contributed by atoms with Crippen molar-refractivity contribution in [2.45, 2.75) is 6.42 Å². The quantitative estimate of drug-likeness (QED) is 0.702. The zero-order valence-corrected chi connectivity index (χ0v) is 13.2. The number of amides is 1. The van der Waals surface area contributed by atoms with Gasteiger partial charge in [-0.3, -0.25) is 9.59 Å². The largest absolute Gasteiger partial charge is 0.506 e. The monoisotopic (exact) mass is 331 g/mol. The van der Waals surface area contributed by atoms with Crippen molar-refractivity contribution in [3.63, 3.8) is 0 Å². The Morgan fingerprint density at radius 3 is 2.21 bits per heavy atom. The molecule has 2 rings (SSSR count). The molecule has 0 atom stereocenters. The van der Waals surface area contributed by atoms with Gasteiger partial charge in [0.2, 0.25) is 0 Å². The molecule has 0 unspecified atom stereocenters. The average molecular weight is 331 g/mol. The molecular formula is C17H17NO6. The first kappa shape index (κ1) is 17.1. The number of phenols is 1. The highest BCUT2D eigenvalue weighted by molar-refractivity contribution is 6.05. The zero-order chi connectivity index (χ0) is 17.7. The lowest BCUT2D eigenvalue weighted by atomic mass is 10.1. The van der Waals surface area contributed by atoms with Crippen LogP contribution in [0.15, 0.2) is 36.4 Å². The summed E-state index contributed by atoms with van der Waals surface area (Å²) in [6.07, 6.45) is -0.212. The number of benzene rings is 2. The highest BCUT2D eigenvalue weighted by Gasteiger charge is 2.13. The zero-order valence-electron chi connectivity index (χ0n) is 13.2. The molecule has 7 heteroatoms. The maximum absolute atomic E-state index is 12.4. The predicted molar refractivity (Wildman–Crippen MR) is 86.9 cm³/mol. The van der Waals surface area contributed by atoms with E-state index in [1.54, 1.807) is 6.07 Å². The summed E-state index contributed by atoms with van der Waals surface area (Å²) in [5.74, 6) is -0.760. The average Bonchev–Trinajstić information content (AvgIpc) is 2.56. The fourth-order valence-electron chi connectivity index (χ4n) is 2.10. The minimum Gasteiger partial charge on any atom is -0.506 e. The molecule has 7 nitrogen and oxygen atoms in total. The molecule has 0 saturated heterocycles. The molecule has 0 heterocycles. The lowest BCUT2D eigenvalue weighted by Crippen LogP contribution is -2.13. The van der Waals surface area contributed by atoms with Gasteiger partial charge >= 0.3 is 5.97 Å². The second-order valence-corrected chi connectivity index (χ2v) is 4.98. The van der Waals surface area contributed by atoms with E-state index >= 15 is 0 Å². The Labute approximate surface area is 138 Å². The maximum Gasteiger partial charge on any atom is 0.307 e. The van der Waals surface area contributed by atoms with Crippen molar-refractivity contribution in [1.82, 2.24) is 0 Å². The van der Waals surface area contributed by atoms with Crippen molar-refractivity contribution in [3.05, 3.63) is 47.5 Å². The van der Waals surface area contributed by atoms with Crippen LogP contribution in [0.5, 0.6) is 17.2 Å². The first-order valence-electron chi connectivity index (χ1n) is 7.01. The standard InChI is InChI=1S/C17H17NO6/c1-23-12-7-11(8-13(9-12)24-2)17(22)18-14-5-10(6-16(20)21)3-4-15(14)19/h3-5,7-9,19H,6H2,1-2H3,(H,18,22)(H,20,21). The van der Waals surface area contributed by atoms with Crippen LogP contribution in [0.25, 0.3) is 0 Å². The van der Waals surface area contributed by atoms with Crippen molar-refractivity contribution in [2.75, 3.05) is 19.5 Å². The van der Waals surface area contributed by atoms with Gasteiger partial charge in [0, 0.05) is 11.6 Å². The third-order valence-corrected chi connectivity index (χ3v) is 3.28. The van der Waals surface area contributed by atoms with E-state index < -0.39 is 11.9 Å². The van der Waals surface area contributed by atoms with E-state index in [9.17, 15) is 14.7 Å². The summed E-state index contributed by atoms with van der Waals surface area (Å²) < 4.78 is 10.2. The Morgan fingerprint density at radius 2 is 1.67 bits per heavy atom. The van der Waals surface area contributed by atoms with Gasteiger partial charge in [0.15, 0.2) is 0 Å². The molecule has 0 radical (unpaired) electrons. The highest BCUT2D eigenvalue weighted by Crippen LogP contribution is 2.27. The normalized spacial score (nSPS) is 10.1. The summed E-state index contributed by atoms with van der Waals surface area (Å²) in [6, 6.07) is 8.90. The number of methoxy groups -OCH3 is 2. The van der Waals surface area contributed by atoms with E-state index in [-0.39, 0.29) is 23.4 Å². The van der Waals surface area contributed by atoms with Crippen molar-refractivity contribution in [2.24, 2.45) is 0 Å². The number of phenolic OH excluding ortho intramolecular Hbond substituents is 1. The number of aromatic hydroxyl groups is 1. The maximum atomic E-state index is 12.4. The molecule has 1 amide bonds. The molecule has 2 aromatic rings. The minimum atomic E-state index is -1.00. The van der Waals surface area contributed by atoms with Crippen LogP contribution in [0.3, 0.4) is 0 Å². The van der Waals surface area contributed by atoms with E-state index in [0.29, 0.717) is 17.1 Å². The third-order valence-electron chi connectivity index (χ3n) is 3.28. The topological polar surface area (TPSA) is 105 Å². The van der Waals surface area contributed by atoms with Gasteiger partial charge in [-0.15, -0.1) is 0 Å². The van der Waals surface area contributed by atoms with E-state index in [1.165, 1.54) is 44.6 Å². The summed E-state index contributed by atoms with van der Waals surface area (Å²) >= 11 is 0. The number of anilines is 1. The van der Waals surface area contributed by atoms with Crippen LogP contribution < -0.4 is 14.8 Å². The molecule has 0 fully saturated rings. The van der Waals surface area contributed by atoms with Crippen LogP contribution >= 0.6 is 0 Å². The molecule has 0 bridgehead atoms. The summed E-state index contributed by atoms with van der Waals surface area (Å²) in [5, 5.41) is 21.2. The van der Waals surface area contributed by atoms with Crippen LogP contribution in [-0.2, 0) is 11.2 Å². The highest BCUT2D eigenvalue weighted by atomic mass is 16.5. The number of carboxylic acid groups (broad SMARTS) is 1. The smallest absolute Gasteiger partial charge is 0.307 e. The van der Waals surface area contributed by atoms with Gasteiger partial charge in [0.25, 0.3) is 5.91 Å². The Balaban J connectivity index is 2.27. The first-order chi connectivity index (χ1) is 11.4. The number of aliphatic carboxylic acids is 1. The molecule has 0 saturated carbocycles. The van der Waals surface area contributed by atoms with Crippen molar-refractivity contribution < 1.29 is 29.3 Å². The van der Waals surface area contributed by atoms with Crippen LogP contribution in [0.2, 0.25) is 0 Å². The number of carbonyl (C=O) groups is 2. The number of carboxylic acids is 1. The number of rotatable bonds is 6. The molecule has 24 heavy (non-hydrogen) atoms. The van der Waals surface area contributed by atoms with E-state index in [1.807, 2.05) is 0 Å². The third kappa shape index (κ3) is 4.16. The summed E-state index contributed by atoms with van der Waals surface area (Å²) in [6.45, 7) is 0. The van der Waals surface area contributed by atoms with Crippen LogP contribution in [0.4, 0.5) is 5.69 Å². The molecule has 0 aromatic heterocycles. The Morgan fingerprint density at radius 1 is 1.04 bits per heavy atom. The first-order valence-corrected chi connectivity index (χ1v) is 7.01. The van der Waals surface area contributed by atoms with Gasteiger partial charge in [-0.05, 0) is 29.8 Å². The van der Waals surface area contributed by atoms with Crippen LogP contribution in [-0.4, -0.2) is 36.3 Å². The van der Waals surface area contributed by atoms with Gasteiger partial charge in [0.05, 0.1) is 26.3 Å². The van der Waals surface area contributed by atoms with Crippen molar-refractivity contribution in [1.29, 1.82) is 0 Å². The van der Waals surface area contributed by atoms with E-state index in [2.05, 4.69) is 5.32 Å². The number of carbonyl (C=O) groups excluding carboxylic acids is 1. The Kier molecular flexibility index (Phi) is 5.26. The number of nitrogens with one attached hydrogen (secondary N) is 1. The molecule has 126 valence electrons. The van der Waals surface area contributed by atoms with E-state index in [4.69, 9.17) is 14.6 Å². The van der Waals surface area contributed by atoms with Crippen molar-refractivity contribution in [3.8, 4) is 17.2 Å². The van der Waals surface area contributed by atoms with Crippen LogP contribution in [0, 0.1) is 0 Å². The number of hydrogen-bond donors (Lipinski definition) is 3. The minimum absolute atomic E-state index is 0.125. The fraction of sp³-hybridized carbons (Fsp3) is 0.176. The molecule has 0 aliphatic rings. The lowest BCUT2D eigenvalue weighted by molar-refractivity contribution is -0.136. The Hall–Kier alpha value is -3.22. The van der Waals surface area contributed by atoms with Gasteiger partial charge in [0.1, 0.15) is 17.2 Å². The second kappa shape index (κ2) is 7.36. The number of ether oxygens (including phenoxy) is 2. The SMILES string of the molecule is COc1cc(OC)cc(C(=O)Nc2cc(CC(=O)O)ccc2O)c1. The van der Waals surface area contributed by atoms with Gasteiger partial charge in [-0.2, -0.15) is 0 Å². The van der Waals surface area contributed by atoms with Crippen LogP contribution in [0.1, 0.15) is 15.9 Å². The molecule has 3 N–H and O–H groups in total. The summed E-state index contributed by atoms with van der Waals surface area (Å²) in [7, 11) is 2.94.